The summed E-state index contributed by atoms with van der Waals surface area (Å²) in [6, 6.07) is 0. The molecule has 2 N–H and O–H groups in total. The van der Waals surface area contributed by atoms with E-state index in [-0.39, 0.29) is 16.9 Å². The van der Waals surface area contributed by atoms with Gasteiger partial charge >= 0.3 is 0 Å². The molecule has 3 fully saturated rings. The molecule has 0 aromatic rings. The lowest BCUT2D eigenvalue weighted by Gasteiger charge is -2.57. The number of fused-ring (bicyclic) bond motifs is 5. The third-order valence-electron chi connectivity index (χ3n) is 7.97. The van der Waals surface area contributed by atoms with Crippen molar-refractivity contribution in [1.82, 2.24) is 0 Å². The molecule has 3 unspecified atom stereocenters. The molecule has 0 spiro atoms. The summed E-state index contributed by atoms with van der Waals surface area (Å²) in [4.78, 5) is 0. The lowest BCUT2D eigenvalue weighted by molar-refractivity contribution is -0.0805. The average Bonchev–Trinajstić information content (AvgIpc) is 2.70. The Bertz CT molecular complexity index is 504. The van der Waals surface area contributed by atoms with Crippen LogP contribution in [0.15, 0.2) is 11.6 Å². The fourth-order valence-corrected chi connectivity index (χ4v) is 6.68. The average molecular weight is 308 g/mol. The zero-order valence-electron chi connectivity index (χ0n) is 13.8. The predicted octanol–water partition coefficient (Wildman–Crippen LogP) is 3.62. The fraction of sp³-hybridized carbons (Fsp3) is 0.895. The maximum Gasteiger partial charge on any atom is 0.127 e. The zero-order valence-corrected chi connectivity index (χ0v) is 13.8. The van der Waals surface area contributed by atoms with Crippen LogP contribution in [0.3, 0.4) is 0 Å². The first kappa shape index (κ1) is 15.1. The quantitative estimate of drug-likeness (QED) is 0.671. The Morgan fingerprint density at radius 3 is 2.73 bits per heavy atom. The van der Waals surface area contributed by atoms with Crippen LogP contribution in [0.4, 0.5) is 4.39 Å². The highest BCUT2D eigenvalue weighted by Crippen LogP contribution is 2.65. The number of alkyl halides is 1. The Morgan fingerprint density at radius 2 is 1.95 bits per heavy atom. The molecule has 22 heavy (non-hydrogen) atoms. The largest absolute Gasteiger partial charge is 0.393 e. The summed E-state index contributed by atoms with van der Waals surface area (Å²) in [6.07, 6.45) is 6.74. The van der Waals surface area contributed by atoms with E-state index in [1.54, 1.807) is 0 Å². The van der Waals surface area contributed by atoms with Crippen molar-refractivity contribution in [2.75, 3.05) is 0 Å². The minimum atomic E-state index is -1.05. The van der Waals surface area contributed by atoms with Gasteiger partial charge in [0.1, 0.15) is 6.17 Å². The summed E-state index contributed by atoms with van der Waals surface area (Å²) in [7, 11) is 0. The van der Waals surface area contributed by atoms with E-state index in [0.29, 0.717) is 24.2 Å². The molecule has 0 bridgehead atoms. The molecule has 0 aromatic carbocycles. The summed E-state index contributed by atoms with van der Waals surface area (Å²) < 4.78 is 14.2. The smallest absolute Gasteiger partial charge is 0.127 e. The van der Waals surface area contributed by atoms with Gasteiger partial charge in [-0.3, -0.25) is 0 Å². The number of aliphatic hydroxyl groups is 2. The molecule has 8 atom stereocenters. The number of hydrogen-bond acceptors (Lipinski definition) is 2. The van der Waals surface area contributed by atoms with Gasteiger partial charge in [-0.15, -0.1) is 0 Å². The van der Waals surface area contributed by atoms with Crippen molar-refractivity contribution in [2.24, 2.45) is 28.6 Å². The summed E-state index contributed by atoms with van der Waals surface area (Å²) in [5.74, 6) is 1.33. The van der Waals surface area contributed by atoms with E-state index in [4.69, 9.17) is 0 Å². The van der Waals surface area contributed by atoms with Crippen LogP contribution in [0.25, 0.3) is 0 Å². The molecule has 0 aromatic heterocycles. The van der Waals surface area contributed by atoms with E-state index in [1.807, 2.05) is 0 Å². The molecule has 4 rings (SSSR count). The second kappa shape index (κ2) is 4.80. The minimum Gasteiger partial charge on any atom is -0.393 e. The van der Waals surface area contributed by atoms with Crippen LogP contribution in [0.5, 0.6) is 0 Å². The van der Waals surface area contributed by atoms with Crippen molar-refractivity contribution in [1.29, 1.82) is 0 Å². The highest BCUT2D eigenvalue weighted by atomic mass is 19.1. The summed E-state index contributed by atoms with van der Waals surface area (Å²) >= 11 is 0. The van der Waals surface area contributed by atoms with E-state index in [2.05, 4.69) is 19.9 Å². The Morgan fingerprint density at radius 1 is 1.18 bits per heavy atom. The van der Waals surface area contributed by atoms with Crippen LogP contribution < -0.4 is 0 Å². The molecule has 0 saturated heterocycles. The van der Waals surface area contributed by atoms with Gasteiger partial charge < -0.3 is 10.2 Å². The maximum absolute atomic E-state index is 14.2. The summed E-state index contributed by atoms with van der Waals surface area (Å²) in [5.41, 5.74) is 1.40. The van der Waals surface area contributed by atoms with Gasteiger partial charge in [-0.25, -0.2) is 4.39 Å². The lowest BCUT2D eigenvalue weighted by Crippen LogP contribution is -2.51. The van der Waals surface area contributed by atoms with E-state index in [9.17, 15) is 14.6 Å². The third-order valence-corrected chi connectivity index (χ3v) is 7.97. The SMILES string of the molecule is C[C@]12CC(O)CCC1=CC[C@@H]1[C@H]2CC[C@]2(C)C(O)C(F)C[C@@H]12. The Balaban J connectivity index is 1.69. The molecule has 3 heteroatoms. The Labute approximate surface area is 132 Å². The van der Waals surface area contributed by atoms with Gasteiger partial charge in [-0.1, -0.05) is 25.5 Å². The molecule has 124 valence electrons. The van der Waals surface area contributed by atoms with Crippen molar-refractivity contribution in [3.63, 3.8) is 0 Å². The normalized spacial score (nSPS) is 57.6. The number of allylic oxidation sites excluding steroid dienone is 2. The highest BCUT2D eigenvalue weighted by molar-refractivity contribution is 5.25. The fourth-order valence-electron chi connectivity index (χ4n) is 6.68. The predicted molar refractivity (Wildman–Crippen MR) is 84.0 cm³/mol. The maximum atomic E-state index is 14.2. The first-order chi connectivity index (χ1) is 10.4. The van der Waals surface area contributed by atoms with Gasteiger partial charge in [0, 0.05) is 0 Å². The molecule has 3 saturated carbocycles. The molecule has 0 aliphatic heterocycles. The van der Waals surface area contributed by atoms with E-state index in [1.165, 1.54) is 5.57 Å². The molecule has 0 amide bonds. The Hall–Kier alpha value is -0.410. The van der Waals surface area contributed by atoms with Crippen molar-refractivity contribution in [3.8, 4) is 0 Å². The molecule has 0 heterocycles. The molecule has 4 aliphatic carbocycles. The lowest BCUT2D eigenvalue weighted by atomic mass is 9.48. The molecular formula is C19H29FO2. The van der Waals surface area contributed by atoms with Crippen LogP contribution in [-0.4, -0.2) is 28.6 Å². The van der Waals surface area contributed by atoms with Gasteiger partial charge in [0.15, 0.2) is 0 Å². The molecule has 0 radical (unpaired) electrons. The topological polar surface area (TPSA) is 40.5 Å². The zero-order chi connectivity index (χ0) is 15.7. The second-order valence-electron chi connectivity index (χ2n) is 8.90. The minimum absolute atomic E-state index is 0.0985. The van der Waals surface area contributed by atoms with E-state index in [0.717, 1.165) is 38.5 Å². The Kier molecular flexibility index (Phi) is 3.30. The van der Waals surface area contributed by atoms with Crippen molar-refractivity contribution in [2.45, 2.75) is 77.2 Å². The van der Waals surface area contributed by atoms with Crippen LogP contribution in [0.1, 0.15) is 58.8 Å². The molecular weight excluding hydrogens is 279 g/mol. The van der Waals surface area contributed by atoms with Gasteiger partial charge in [0.25, 0.3) is 0 Å². The van der Waals surface area contributed by atoms with Crippen molar-refractivity contribution in [3.05, 3.63) is 11.6 Å². The monoisotopic (exact) mass is 308 g/mol. The molecule has 2 nitrogen and oxygen atoms in total. The first-order valence-electron chi connectivity index (χ1n) is 9.06. The van der Waals surface area contributed by atoms with E-state index >= 15 is 0 Å². The number of hydrogen-bond donors (Lipinski definition) is 2. The second-order valence-corrected chi connectivity index (χ2v) is 8.90. The van der Waals surface area contributed by atoms with Gasteiger partial charge in [-0.2, -0.15) is 0 Å². The van der Waals surface area contributed by atoms with Gasteiger partial charge in [-0.05, 0) is 73.5 Å². The number of aliphatic hydroxyl groups excluding tert-OH is 2. The van der Waals surface area contributed by atoms with Crippen LogP contribution in [-0.2, 0) is 0 Å². The van der Waals surface area contributed by atoms with Crippen LogP contribution in [0, 0.1) is 28.6 Å². The van der Waals surface area contributed by atoms with Crippen LogP contribution in [0.2, 0.25) is 0 Å². The number of rotatable bonds is 0. The summed E-state index contributed by atoms with van der Waals surface area (Å²) in [5, 5.41) is 20.5. The van der Waals surface area contributed by atoms with Gasteiger partial charge in [0.2, 0.25) is 0 Å². The summed E-state index contributed by atoms with van der Waals surface area (Å²) in [6.45, 7) is 4.44. The highest BCUT2D eigenvalue weighted by Gasteiger charge is 2.61. The van der Waals surface area contributed by atoms with Crippen molar-refractivity contribution >= 4 is 0 Å². The van der Waals surface area contributed by atoms with Crippen molar-refractivity contribution < 1.29 is 14.6 Å². The third kappa shape index (κ3) is 1.84. The van der Waals surface area contributed by atoms with Gasteiger partial charge in [0.05, 0.1) is 12.2 Å². The molecule has 4 aliphatic rings. The number of halogens is 1. The van der Waals surface area contributed by atoms with Crippen LogP contribution >= 0.6 is 0 Å². The first-order valence-corrected chi connectivity index (χ1v) is 9.06. The van der Waals surface area contributed by atoms with E-state index < -0.39 is 12.3 Å². The standard InChI is InChI=1S/C19H29FO2/c1-18-8-7-14-13(15(18)9-16(20)17(18)22)6-4-11-3-5-12(21)10-19(11,14)2/h4,12-17,21-22H,3,5-10H2,1-2H3/t12?,13-,14-,15+,16?,17?,18+,19+/m1/s1.